The van der Waals surface area contributed by atoms with Crippen molar-refractivity contribution in [1.82, 2.24) is 15.0 Å². The van der Waals surface area contributed by atoms with Crippen LogP contribution >= 0.6 is 11.6 Å². The van der Waals surface area contributed by atoms with Crippen molar-refractivity contribution in [2.45, 2.75) is 23.8 Å². The van der Waals surface area contributed by atoms with Gasteiger partial charge in [0.25, 0.3) is 5.91 Å². The molecule has 33 heavy (non-hydrogen) atoms. The number of carbonyl (C=O) groups excluding carboxylic acids is 1. The lowest BCUT2D eigenvalue weighted by atomic mass is 10.1. The average molecular weight is 488 g/mol. The van der Waals surface area contributed by atoms with Crippen LogP contribution in [0.4, 0.5) is 0 Å². The second-order valence-electron chi connectivity index (χ2n) is 7.18. The normalized spacial score (nSPS) is 12.2. The standard InChI is InChI=1S/C23H22ClN3O5S/c24-19-7-3-16(4-8-19)17-5-9-20(10-6-17)33(31,32)27-21(23(29)30)2-1-13-26-22(28)18-11-14-25-15-12-18/h3-12,14-15,21,27H,1-2,13H2,(H,26,28)(H,29,30). The summed E-state index contributed by atoms with van der Waals surface area (Å²) in [4.78, 5) is 27.4. The highest BCUT2D eigenvalue weighted by Crippen LogP contribution is 2.23. The number of carbonyl (C=O) groups is 2. The number of benzene rings is 2. The van der Waals surface area contributed by atoms with E-state index in [4.69, 9.17) is 11.6 Å². The Bertz CT molecular complexity index is 1200. The van der Waals surface area contributed by atoms with E-state index in [1.54, 1.807) is 36.4 Å². The molecule has 3 N–H and O–H groups in total. The average Bonchev–Trinajstić information content (AvgIpc) is 2.82. The SMILES string of the molecule is O=C(NCCCC(NS(=O)(=O)c1ccc(-c2ccc(Cl)cc2)cc1)C(=O)O)c1ccncc1. The topological polar surface area (TPSA) is 125 Å². The molecule has 1 aromatic heterocycles. The van der Waals surface area contributed by atoms with Gasteiger partial charge in [-0.15, -0.1) is 0 Å². The molecule has 3 aromatic rings. The van der Waals surface area contributed by atoms with Gasteiger partial charge in [0, 0.05) is 29.5 Å². The van der Waals surface area contributed by atoms with Crippen LogP contribution < -0.4 is 10.0 Å². The zero-order valence-corrected chi connectivity index (χ0v) is 19.0. The number of amides is 1. The molecule has 1 atom stereocenters. The monoisotopic (exact) mass is 487 g/mol. The summed E-state index contributed by atoms with van der Waals surface area (Å²) in [5.41, 5.74) is 2.10. The van der Waals surface area contributed by atoms with Gasteiger partial charge in [0.1, 0.15) is 6.04 Å². The van der Waals surface area contributed by atoms with Gasteiger partial charge >= 0.3 is 5.97 Å². The number of sulfonamides is 1. The molecule has 2 aromatic carbocycles. The molecule has 0 aliphatic heterocycles. The number of rotatable bonds is 10. The number of hydrogen-bond acceptors (Lipinski definition) is 5. The second kappa shape index (κ2) is 11.0. The van der Waals surface area contributed by atoms with E-state index in [2.05, 4.69) is 15.0 Å². The summed E-state index contributed by atoms with van der Waals surface area (Å²) in [6.45, 7) is 0.197. The third-order valence-electron chi connectivity index (χ3n) is 4.84. The van der Waals surface area contributed by atoms with Crippen molar-refractivity contribution in [3.05, 3.63) is 83.6 Å². The molecule has 8 nitrogen and oxygen atoms in total. The number of nitrogens with one attached hydrogen (secondary N) is 2. The van der Waals surface area contributed by atoms with Crippen molar-refractivity contribution < 1.29 is 23.1 Å². The molecule has 10 heteroatoms. The first-order valence-corrected chi connectivity index (χ1v) is 11.9. The van der Waals surface area contributed by atoms with Gasteiger partial charge in [-0.2, -0.15) is 4.72 Å². The van der Waals surface area contributed by atoms with Gasteiger partial charge in [0.05, 0.1) is 4.90 Å². The van der Waals surface area contributed by atoms with E-state index in [0.29, 0.717) is 10.6 Å². The van der Waals surface area contributed by atoms with Crippen molar-refractivity contribution in [3.63, 3.8) is 0 Å². The van der Waals surface area contributed by atoms with Gasteiger partial charge in [-0.1, -0.05) is 35.9 Å². The van der Waals surface area contributed by atoms with Gasteiger partial charge in [-0.25, -0.2) is 8.42 Å². The van der Waals surface area contributed by atoms with E-state index in [9.17, 15) is 23.1 Å². The van der Waals surface area contributed by atoms with Crippen LogP contribution in [0, 0.1) is 0 Å². The Hall–Kier alpha value is -3.27. The molecule has 0 aliphatic rings. The number of carboxylic acids is 1. The maximum atomic E-state index is 12.7. The highest BCUT2D eigenvalue weighted by atomic mass is 35.5. The highest BCUT2D eigenvalue weighted by molar-refractivity contribution is 7.89. The fourth-order valence-corrected chi connectivity index (χ4v) is 4.42. The van der Waals surface area contributed by atoms with Crippen LogP contribution in [0.1, 0.15) is 23.2 Å². The van der Waals surface area contributed by atoms with Crippen LogP contribution in [0.15, 0.2) is 78.0 Å². The molecule has 0 aliphatic carbocycles. The fraction of sp³-hybridized carbons (Fsp3) is 0.174. The molecule has 0 radical (unpaired) electrons. The first-order chi connectivity index (χ1) is 15.8. The summed E-state index contributed by atoms with van der Waals surface area (Å²) >= 11 is 5.89. The third kappa shape index (κ3) is 6.85. The van der Waals surface area contributed by atoms with Crippen LogP contribution in [-0.2, 0) is 14.8 Å². The minimum Gasteiger partial charge on any atom is -0.480 e. The molecular weight excluding hydrogens is 466 g/mol. The van der Waals surface area contributed by atoms with Gasteiger partial charge in [0.15, 0.2) is 0 Å². The van der Waals surface area contributed by atoms with Gasteiger partial charge in [-0.05, 0) is 60.4 Å². The maximum absolute atomic E-state index is 12.7. The van der Waals surface area contributed by atoms with Crippen molar-refractivity contribution in [1.29, 1.82) is 0 Å². The Kier molecular flexibility index (Phi) is 8.16. The van der Waals surface area contributed by atoms with E-state index >= 15 is 0 Å². The minimum absolute atomic E-state index is 0.00798. The number of hydrogen-bond donors (Lipinski definition) is 3. The zero-order valence-electron chi connectivity index (χ0n) is 17.4. The van der Waals surface area contributed by atoms with E-state index in [1.165, 1.54) is 24.5 Å². The molecule has 0 spiro atoms. The Morgan fingerprint density at radius 1 is 0.939 bits per heavy atom. The lowest BCUT2D eigenvalue weighted by molar-refractivity contribution is -0.139. The second-order valence-corrected chi connectivity index (χ2v) is 9.33. The van der Waals surface area contributed by atoms with Crippen LogP contribution in [-0.4, -0.2) is 43.0 Å². The number of pyridine rings is 1. The first kappa shape index (κ1) is 24.4. The summed E-state index contributed by atoms with van der Waals surface area (Å²) in [7, 11) is -4.05. The molecule has 172 valence electrons. The first-order valence-electron chi connectivity index (χ1n) is 10.1. The predicted octanol–water partition coefficient (Wildman–Crippen LogP) is 3.34. The lowest BCUT2D eigenvalue weighted by Gasteiger charge is -2.15. The lowest BCUT2D eigenvalue weighted by Crippen LogP contribution is -2.41. The molecule has 0 fully saturated rings. The van der Waals surface area contributed by atoms with E-state index in [1.807, 2.05) is 12.1 Å². The van der Waals surface area contributed by atoms with Crippen LogP contribution in [0.2, 0.25) is 5.02 Å². The Morgan fingerprint density at radius 2 is 1.52 bits per heavy atom. The van der Waals surface area contributed by atoms with Crippen LogP contribution in [0.3, 0.4) is 0 Å². The van der Waals surface area contributed by atoms with Crippen LogP contribution in [0.25, 0.3) is 11.1 Å². The fourth-order valence-electron chi connectivity index (χ4n) is 3.07. The Morgan fingerprint density at radius 3 is 2.09 bits per heavy atom. The molecule has 3 rings (SSSR count). The summed E-state index contributed by atoms with van der Waals surface area (Å²) in [6.07, 6.45) is 3.26. The third-order valence-corrected chi connectivity index (χ3v) is 6.57. The molecule has 0 saturated heterocycles. The molecule has 1 heterocycles. The summed E-state index contributed by atoms with van der Waals surface area (Å²) in [6, 6.07) is 15.0. The van der Waals surface area contributed by atoms with E-state index < -0.39 is 22.0 Å². The summed E-state index contributed by atoms with van der Waals surface area (Å²) < 4.78 is 27.6. The van der Waals surface area contributed by atoms with Crippen molar-refractivity contribution in [2.24, 2.45) is 0 Å². The molecule has 1 amide bonds. The molecule has 0 saturated carbocycles. The highest BCUT2D eigenvalue weighted by Gasteiger charge is 2.25. The Labute approximate surface area is 196 Å². The van der Waals surface area contributed by atoms with Gasteiger partial charge in [0.2, 0.25) is 10.0 Å². The maximum Gasteiger partial charge on any atom is 0.321 e. The zero-order chi connectivity index (χ0) is 23.8. The number of aliphatic carboxylic acids is 1. The van der Waals surface area contributed by atoms with Crippen LogP contribution in [0.5, 0.6) is 0 Å². The predicted molar refractivity (Wildman–Crippen MR) is 124 cm³/mol. The van der Waals surface area contributed by atoms with E-state index in [0.717, 1.165) is 11.1 Å². The van der Waals surface area contributed by atoms with Crippen molar-refractivity contribution in [3.8, 4) is 11.1 Å². The number of halogens is 1. The number of aromatic nitrogens is 1. The summed E-state index contributed by atoms with van der Waals surface area (Å²) in [5.74, 6) is -1.61. The number of carboxylic acid groups (broad SMARTS) is 1. The molecule has 1 unspecified atom stereocenters. The van der Waals surface area contributed by atoms with Crippen molar-refractivity contribution >= 4 is 33.5 Å². The van der Waals surface area contributed by atoms with Gasteiger partial charge in [-0.3, -0.25) is 14.6 Å². The van der Waals surface area contributed by atoms with Crippen molar-refractivity contribution in [2.75, 3.05) is 6.54 Å². The van der Waals surface area contributed by atoms with Gasteiger partial charge < -0.3 is 10.4 Å². The molecular formula is C23H22ClN3O5S. The Balaban J connectivity index is 1.58. The molecule has 0 bridgehead atoms. The smallest absolute Gasteiger partial charge is 0.321 e. The minimum atomic E-state index is -4.05. The summed E-state index contributed by atoms with van der Waals surface area (Å²) in [5, 5.41) is 12.7. The largest absolute Gasteiger partial charge is 0.480 e. The van der Waals surface area contributed by atoms with E-state index in [-0.39, 0.29) is 30.2 Å². The quantitative estimate of drug-likeness (QED) is 0.376. The number of nitrogens with zero attached hydrogens (tertiary/aromatic N) is 1.